The third-order valence-electron chi connectivity index (χ3n) is 2.86. The van der Waals surface area contributed by atoms with E-state index in [9.17, 15) is 5.11 Å². The molecule has 0 aliphatic rings. The molecule has 1 aromatic heterocycles. The van der Waals surface area contributed by atoms with Gasteiger partial charge in [0.15, 0.2) is 5.84 Å². The van der Waals surface area contributed by atoms with Crippen LogP contribution < -0.4 is 22.4 Å². The molecule has 2 rings (SSSR count). The van der Waals surface area contributed by atoms with Gasteiger partial charge in [-0.1, -0.05) is 23.2 Å². The number of amidine groups is 1. The van der Waals surface area contributed by atoms with Crippen LogP contribution >= 0.6 is 23.2 Å². The summed E-state index contributed by atoms with van der Waals surface area (Å²) in [6.45, 7) is 0.333. The van der Waals surface area contributed by atoms with E-state index in [0.29, 0.717) is 22.8 Å². The normalized spacial score (nSPS) is 11.3. The Morgan fingerprint density at radius 1 is 1.32 bits per heavy atom. The average molecular weight is 341 g/mol. The molecule has 7 N–H and O–H groups in total. The Morgan fingerprint density at radius 2 is 2.09 bits per heavy atom. The Kier molecular flexibility index (Phi) is 5.26. The minimum absolute atomic E-state index is 0.00645. The first-order valence-corrected chi connectivity index (χ1v) is 6.92. The van der Waals surface area contributed by atoms with Gasteiger partial charge in [-0.2, -0.15) is 5.10 Å². The SMILES string of the molecule is N/N=C(\NN)c1ccc(NCc2cc(Cl)cc(Cl)c2O)cn1. The summed E-state index contributed by atoms with van der Waals surface area (Å²) in [7, 11) is 0. The van der Waals surface area contributed by atoms with Gasteiger partial charge in [-0.3, -0.25) is 4.98 Å². The number of pyridine rings is 1. The summed E-state index contributed by atoms with van der Waals surface area (Å²) in [5.41, 5.74) is 4.16. The van der Waals surface area contributed by atoms with Crippen molar-refractivity contribution in [3.05, 3.63) is 51.8 Å². The molecule has 0 radical (unpaired) electrons. The van der Waals surface area contributed by atoms with Crippen LogP contribution in [0.4, 0.5) is 5.69 Å². The lowest BCUT2D eigenvalue weighted by Gasteiger charge is -2.10. The molecule has 0 saturated heterocycles. The highest BCUT2D eigenvalue weighted by molar-refractivity contribution is 6.35. The standard InChI is InChI=1S/C13H14Cl2N6O/c14-8-3-7(12(22)10(15)4-8)5-18-9-1-2-11(19-6-9)13(20-16)21-17/h1-4,6,18,22H,5,16-17H2,(H,20,21). The Labute approximate surface area is 136 Å². The molecule has 1 aromatic carbocycles. The van der Waals surface area contributed by atoms with E-state index < -0.39 is 0 Å². The van der Waals surface area contributed by atoms with Gasteiger partial charge in [0.2, 0.25) is 0 Å². The van der Waals surface area contributed by atoms with Crippen molar-refractivity contribution < 1.29 is 5.11 Å². The van der Waals surface area contributed by atoms with E-state index in [4.69, 9.17) is 34.9 Å². The number of nitrogens with one attached hydrogen (secondary N) is 2. The molecule has 0 fully saturated rings. The van der Waals surface area contributed by atoms with E-state index >= 15 is 0 Å². The van der Waals surface area contributed by atoms with Crippen LogP contribution in [0.25, 0.3) is 0 Å². The number of hydrazone groups is 1. The third kappa shape index (κ3) is 3.70. The van der Waals surface area contributed by atoms with Gasteiger partial charge in [0.1, 0.15) is 11.4 Å². The van der Waals surface area contributed by atoms with E-state index in [-0.39, 0.29) is 16.6 Å². The molecular weight excluding hydrogens is 327 g/mol. The van der Waals surface area contributed by atoms with Crippen LogP contribution in [-0.2, 0) is 6.54 Å². The van der Waals surface area contributed by atoms with E-state index in [1.54, 1.807) is 24.4 Å². The molecule has 9 heteroatoms. The molecular formula is C13H14Cl2N6O. The number of hydrogen-bond acceptors (Lipinski definition) is 6. The summed E-state index contributed by atoms with van der Waals surface area (Å²) in [6.07, 6.45) is 1.58. The molecule has 0 saturated carbocycles. The predicted octanol–water partition coefficient (Wildman–Crippen LogP) is 1.79. The van der Waals surface area contributed by atoms with Gasteiger partial charge >= 0.3 is 0 Å². The number of nitrogens with two attached hydrogens (primary N) is 2. The van der Waals surface area contributed by atoms with Crippen molar-refractivity contribution in [3.63, 3.8) is 0 Å². The number of hydrazine groups is 1. The van der Waals surface area contributed by atoms with Crippen molar-refractivity contribution in [2.45, 2.75) is 6.54 Å². The number of anilines is 1. The largest absolute Gasteiger partial charge is 0.506 e. The van der Waals surface area contributed by atoms with Gasteiger partial charge in [0.05, 0.1) is 16.9 Å². The van der Waals surface area contributed by atoms with Crippen molar-refractivity contribution in [1.29, 1.82) is 0 Å². The van der Waals surface area contributed by atoms with Crippen LogP contribution in [0.2, 0.25) is 10.0 Å². The fraction of sp³-hybridized carbons (Fsp3) is 0.0769. The maximum Gasteiger partial charge on any atom is 0.185 e. The third-order valence-corrected chi connectivity index (χ3v) is 3.37. The number of rotatable bonds is 4. The highest BCUT2D eigenvalue weighted by Crippen LogP contribution is 2.31. The minimum atomic E-state index is -0.00645. The fourth-order valence-corrected chi connectivity index (χ4v) is 2.30. The number of benzene rings is 1. The summed E-state index contributed by atoms with van der Waals surface area (Å²) in [6, 6.07) is 6.58. The number of aromatic hydroxyl groups is 1. The number of aromatic nitrogens is 1. The zero-order chi connectivity index (χ0) is 16.1. The van der Waals surface area contributed by atoms with Crippen LogP contribution in [0, 0.1) is 0 Å². The van der Waals surface area contributed by atoms with Gasteiger partial charge in [-0.05, 0) is 24.3 Å². The molecule has 0 bridgehead atoms. The van der Waals surface area contributed by atoms with Crippen LogP contribution in [0.15, 0.2) is 35.6 Å². The van der Waals surface area contributed by atoms with Gasteiger partial charge in [0, 0.05) is 17.1 Å². The first-order chi connectivity index (χ1) is 10.5. The van der Waals surface area contributed by atoms with E-state index in [1.165, 1.54) is 6.07 Å². The smallest absolute Gasteiger partial charge is 0.185 e. The Hall–Kier alpha value is -2.22. The molecule has 0 amide bonds. The zero-order valence-electron chi connectivity index (χ0n) is 11.3. The van der Waals surface area contributed by atoms with E-state index in [2.05, 4.69) is 20.8 Å². The summed E-state index contributed by atoms with van der Waals surface area (Å²) >= 11 is 11.8. The van der Waals surface area contributed by atoms with Crippen molar-refractivity contribution in [2.24, 2.45) is 16.8 Å². The lowest BCUT2D eigenvalue weighted by atomic mass is 10.2. The zero-order valence-corrected chi connectivity index (χ0v) is 12.9. The second-order valence-electron chi connectivity index (χ2n) is 4.30. The number of phenolic OH excluding ortho intramolecular Hbond substituents is 1. The fourth-order valence-electron chi connectivity index (χ4n) is 1.77. The van der Waals surface area contributed by atoms with Gasteiger partial charge < -0.3 is 21.7 Å². The number of halogens is 2. The predicted molar refractivity (Wildman–Crippen MR) is 87.7 cm³/mol. The van der Waals surface area contributed by atoms with Crippen LogP contribution in [-0.4, -0.2) is 15.9 Å². The van der Waals surface area contributed by atoms with Crippen molar-refractivity contribution in [3.8, 4) is 5.75 Å². The average Bonchev–Trinajstić information content (AvgIpc) is 2.52. The van der Waals surface area contributed by atoms with Gasteiger partial charge in [0.25, 0.3) is 0 Å². The molecule has 2 aromatic rings. The van der Waals surface area contributed by atoms with Crippen LogP contribution in [0.3, 0.4) is 0 Å². The van der Waals surface area contributed by atoms with Crippen LogP contribution in [0.5, 0.6) is 5.75 Å². The number of hydrogen-bond donors (Lipinski definition) is 5. The Bertz CT molecular complexity index is 690. The van der Waals surface area contributed by atoms with Crippen molar-refractivity contribution in [2.75, 3.05) is 5.32 Å². The molecule has 7 nitrogen and oxygen atoms in total. The van der Waals surface area contributed by atoms with Crippen molar-refractivity contribution in [1.82, 2.24) is 10.4 Å². The number of nitrogens with zero attached hydrogens (tertiary/aromatic N) is 2. The van der Waals surface area contributed by atoms with E-state index in [0.717, 1.165) is 5.69 Å². The molecule has 1 heterocycles. The molecule has 0 atom stereocenters. The van der Waals surface area contributed by atoms with Crippen LogP contribution in [0.1, 0.15) is 11.3 Å². The molecule has 116 valence electrons. The quantitative estimate of drug-likeness (QED) is 0.250. The lowest BCUT2D eigenvalue weighted by Crippen LogP contribution is -2.32. The summed E-state index contributed by atoms with van der Waals surface area (Å²) in [5, 5.41) is 17.1. The summed E-state index contributed by atoms with van der Waals surface area (Å²) in [4.78, 5) is 4.16. The minimum Gasteiger partial charge on any atom is -0.506 e. The number of phenols is 1. The van der Waals surface area contributed by atoms with E-state index in [1.807, 2.05) is 0 Å². The Balaban J connectivity index is 2.10. The monoisotopic (exact) mass is 340 g/mol. The van der Waals surface area contributed by atoms with Gasteiger partial charge in [-0.15, -0.1) is 0 Å². The Morgan fingerprint density at radius 3 is 2.68 bits per heavy atom. The topological polar surface area (TPSA) is 122 Å². The second-order valence-corrected chi connectivity index (χ2v) is 5.15. The second kappa shape index (κ2) is 7.17. The maximum absolute atomic E-state index is 9.88. The molecule has 0 unspecified atom stereocenters. The first-order valence-electron chi connectivity index (χ1n) is 6.17. The highest BCUT2D eigenvalue weighted by Gasteiger charge is 2.08. The highest BCUT2D eigenvalue weighted by atomic mass is 35.5. The van der Waals surface area contributed by atoms with Gasteiger partial charge in [-0.25, -0.2) is 5.84 Å². The first kappa shape index (κ1) is 16.2. The maximum atomic E-state index is 9.88. The van der Waals surface area contributed by atoms with Crippen molar-refractivity contribution >= 4 is 34.7 Å². The summed E-state index contributed by atoms with van der Waals surface area (Å²) < 4.78 is 0. The molecule has 0 aliphatic heterocycles. The molecule has 0 aliphatic carbocycles. The molecule has 22 heavy (non-hydrogen) atoms. The lowest BCUT2D eigenvalue weighted by molar-refractivity contribution is 0.469. The summed E-state index contributed by atoms with van der Waals surface area (Å²) in [5.74, 6) is 10.7. The molecule has 0 spiro atoms.